The van der Waals surface area contributed by atoms with E-state index in [0.717, 1.165) is 11.1 Å². The Labute approximate surface area is 211 Å². The normalized spacial score (nSPS) is 15.8. The van der Waals surface area contributed by atoms with Gasteiger partial charge in [-0.2, -0.15) is 0 Å². The molecule has 4 rings (SSSR count). The third-order valence-electron chi connectivity index (χ3n) is 5.87. The van der Waals surface area contributed by atoms with E-state index in [1.165, 1.54) is 18.1 Å². The van der Waals surface area contributed by atoms with Gasteiger partial charge in [-0.15, -0.1) is 0 Å². The number of hydrogen-bond acceptors (Lipinski definition) is 5. The van der Waals surface area contributed by atoms with Crippen LogP contribution in [0.4, 0.5) is 0 Å². The van der Waals surface area contributed by atoms with Gasteiger partial charge in [-0.25, -0.2) is 0 Å². The Kier molecular flexibility index (Phi) is 7.36. The highest BCUT2D eigenvalue weighted by Gasteiger charge is 2.43. The molecule has 35 heavy (non-hydrogen) atoms. The fourth-order valence-corrected chi connectivity index (χ4v) is 4.57. The Morgan fingerprint density at radius 1 is 1.06 bits per heavy atom. The molecule has 1 unspecified atom stereocenters. The van der Waals surface area contributed by atoms with Crippen molar-refractivity contribution in [1.82, 2.24) is 4.90 Å². The third-order valence-corrected chi connectivity index (χ3v) is 6.47. The molecule has 0 aromatic heterocycles. The summed E-state index contributed by atoms with van der Waals surface area (Å²) in [6, 6.07) is 21.3. The lowest BCUT2D eigenvalue weighted by Crippen LogP contribution is -2.33. The number of carbonyl (C=O) groups is 2. The zero-order valence-corrected chi connectivity index (χ0v) is 20.6. The summed E-state index contributed by atoms with van der Waals surface area (Å²) in [5, 5.41) is 21.1. The van der Waals surface area contributed by atoms with Gasteiger partial charge < -0.3 is 19.8 Å². The molecule has 2 N–H and O–H groups in total. The quantitative estimate of drug-likeness (QED) is 0.379. The van der Waals surface area contributed by atoms with Gasteiger partial charge in [-0.05, 0) is 57.2 Å². The molecule has 3 aromatic carbocycles. The van der Waals surface area contributed by atoms with Gasteiger partial charge >= 0.3 is 0 Å². The summed E-state index contributed by atoms with van der Waals surface area (Å²) in [5.74, 6) is -1.58. The molecule has 6 nitrogen and oxygen atoms in total. The van der Waals surface area contributed by atoms with Crippen molar-refractivity contribution in [3.05, 3.63) is 111 Å². The highest BCUT2D eigenvalue weighted by molar-refractivity contribution is 9.10. The smallest absolute Gasteiger partial charge is 0.290 e. The van der Waals surface area contributed by atoms with E-state index in [2.05, 4.69) is 15.9 Å². The lowest BCUT2D eigenvalue weighted by molar-refractivity contribution is -0.129. The van der Waals surface area contributed by atoms with E-state index < -0.39 is 23.5 Å². The van der Waals surface area contributed by atoms with Crippen molar-refractivity contribution in [2.24, 2.45) is 0 Å². The van der Waals surface area contributed by atoms with Gasteiger partial charge in [0.1, 0.15) is 0 Å². The average Bonchev–Trinajstić information content (AvgIpc) is 3.13. The molecule has 1 aliphatic heterocycles. The predicted molar refractivity (Wildman–Crippen MR) is 137 cm³/mol. The van der Waals surface area contributed by atoms with Gasteiger partial charge in [0.05, 0.1) is 23.2 Å². The number of rotatable bonds is 8. The zero-order valence-electron chi connectivity index (χ0n) is 19.0. The molecule has 0 saturated carbocycles. The zero-order chi connectivity index (χ0) is 24.9. The van der Waals surface area contributed by atoms with E-state index in [0.29, 0.717) is 16.5 Å². The highest BCUT2D eigenvalue weighted by atomic mass is 79.9. The third kappa shape index (κ3) is 5.15. The van der Waals surface area contributed by atoms with Gasteiger partial charge in [-0.3, -0.25) is 9.59 Å². The molecule has 0 radical (unpaired) electrons. The van der Waals surface area contributed by atoms with Crippen LogP contribution in [0, 0.1) is 0 Å². The van der Waals surface area contributed by atoms with Crippen molar-refractivity contribution in [2.45, 2.75) is 12.5 Å². The van der Waals surface area contributed by atoms with E-state index in [4.69, 9.17) is 4.74 Å². The van der Waals surface area contributed by atoms with Gasteiger partial charge in [-0.1, -0.05) is 66.7 Å². The van der Waals surface area contributed by atoms with Crippen molar-refractivity contribution in [3.8, 4) is 11.5 Å². The van der Waals surface area contributed by atoms with Crippen LogP contribution in [0.15, 0.2) is 94.7 Å². The van der Waals surface area contributed by atoms with Gasteiger partial charge in [0.2, 0.25) is 0 Å². The van der Waals surface area contributed by atoms with Crippen molar-refractivity contribution in [1.29, 1.82) is 0 Å². The lowest BCUT2D eigenvalue weighted by Gasteiger charge is -2.27. The molecule has 3 aromatic rings. The molecule has 178 valence electrons. The summed E-state index contributed by atoms with van der Waals surface area (Å²) in [6.07, 6.45) is 3.53. The molecule has 1 heterocycles. The van der Waals surface area contributed by atoms with Gasteiger partial charge in [0.25, 0.3) is 5.91 Å². The van der Waals surface area contributed by atoms with Crippen molar-refractivity contribution in [3.63, 3.8) is 0 Å². The molecule has 1 aliphatic rings. The van der Waals surface area contributed by atoms with Crippen LogP contribution in [0.3, 0.4) is 0 Å². The fraction of sp³-hybridized carbons (Fsp3) is 0.143. The number of nitrogens with zero attached hydrogens (tertiary/aromatic N) is 1. The van der Waals surface area contributed by atoms with Crippen LogP contribution >= 0.6 is 15.9 Å². The van der Waals surface area contributed by atoms with Crippen molar-refractivity contribution < 1.29 is 24.5 Å². The molecular formula is C28H24BrNO5. The Morgan fingerprint density at radius 2 is 1.71 bits per heavy atom. The number of benzene rings is 3. The number of carbonyl (C=O) groups excluding carboxylic acids is 2. The Morgan fingerprint density at radius 3 is 2.37 bits per heavy atom. The highest BCUT2D eigenvalue weighted by Crippen LogP contribution is 2.43. The number of allylic oxidation sites excluding steroid dienone is 1. The lowest BCUT2D eigenvalue weighted by atomic mass is 9.95. The number of phenolic OH excluding ortho intramolecular Hbond substituents is 1. The number of amides is 1. The topological polar surface area (TPSA) is 87.1 Å². The fourth-order valence-electron chi connectivity index (χ4n) is 4.11. The summed E-state index contributed by atoms with van der Waals surface area (Å²) >= 11 is 3.32. The van der Waals surface area contributed by atoms with Crippen LogP contribution in [0.1, 0.15) is 22.7 Å². The van der Waals surface area contributed by atoms with E-state index in [9.17, 15) is 19.8 Å². The Hall–Kier alpha value is -3.84. The molecule has 0 bridgehead atoms. The Bertz CT molecular complexity index is 1300. The number of ether oxygens (including phenoxy) is 1. The maximum absolute atomic E-state index is 13.3. The van der Waals surface area contributed by atoms with Crippen LogP contribution < -0.4 is 4.74 Å². The second kappa shape index (κ2) is 10.6. The summed E-state index contributed by atoms with van der Waals surface area (Å²) in [6.45, 7) is 0.275. The first-order valence-electron chi connectivity index (χ1n) is 11.0. The molecule has 0 saturated heterocycles. The number of methoxy groups -OCH3 is 1. The van der Waals surface area contributed by atoms with Gasteiger partial charge in [0.15, 0.2) is 23.0 Å². The second-order valence-corrected chi connectivity index (χ2v) is 8.92. The van der Waals surface area contributed by atoms with Crippen LogP contribution in [0.5, 0.6) is 11.5 Å². The second-order valence-electron chi connectivity index (χ2n) is 8.06. The molecule has 1 amide bonds. The summed E-state index contributed by atoms with van der Waals surface area (Å²) in [4.78, 5) is 27.9. The molecule has 0 fully saturated rings. The van der Waals surface area contributed by atoms with Crippen LogP contribution in [0.25, 0.3) is 6.08 Å². The molecule has 0 aliphatic carbocycles. The SMILES string of the molecule is COc1cc(C2C(C(=O)C=Cc3ccccc3)=C(O)C(=O)N2CCc2ccccc2)cc(Br)c1O. The molecular weight excluding hydrogens is 510 g/mol. The molecule has 7 heteroatoms. The van der Waals surface area contributed by atoms with Crippen molar-refractivity contribution in [2.75, 3.05) is 13.7 Å². The standard InChI is InChI=1S/C28H24BrNO5/c1-35-23-17-20(16-21(29)26(23)32)25-24(22(31)13-12-18-8-4-2-5-9-18)27(33)28(34)30(25)15-14-19-10-6-3-7-11-19/h2-13,16-17,25,32-33H,14-15H2,1H3. The number of ketones is 1. The maximum atomic E-state index is 13.3. The van der Waals surface area contributed by atoms with E-state index in [-0.39, 0.29) is 23.6 Å². The molecule has 0 spiro atoms. The maximum Gasteiger partial charge on any atom is 0.290 e. The first-order valence-corrected chi connectivity index (χ1v) is 11.8. The monoisotopic (exact) mass is 533 g/mol. The summed E-state index contributed by atoms with van der Waals surface area (Å²) < 4.78 is 5.63. The van der Waals surface area contributed by atoms with E-state index in [1.807, 2.05) is 60.7 Å². The summed E-state index contributed by atoms with van der Waals surface area (Å²) in [7, 11) is 1.42. The first-order chi connectivity index (χ1) is 16.9. The number of halogens is 1. The number of phenols is 1. The number of aliphatic hydroxyl groups is 1. The average molecular weight is 534 g/mol. The predicted octanol–water partition coefficient (Wildman–Crippen LogP) is 5.38. The van der Waals surface area contributed by atoms with Crippen molar-refractivity contribution >= 4 is 33.7 Å². The van der Waals surface area contributed by atoms with Crippen LogP contribution in [-0.4, -0.2) is 40.5 Å². The number of aromatic hydroxyl groups is 1. The van der Waals surface area contributed by atoms with E-state index >= 15 is 0 Å². The largest absolute Gasteiger partial charge is 0.503 e. The number of hydrogen-bond donors (Lipinski definition) is 2. The summed E-state index contributed by atoms with van der Waals surface area (Å²) in [5.41, 5.74) is 2.34. The van der Waals surface area contributed by atoms with Gasteiger partial charge in [0, 0.05) is 6.54 Å². The van der Waals surface area contributed by atoms with Crippen LogP contribution in [0.2, 0.25) is 0 Å². The minimum Gasteiger partial charge on any atom is -0.503 e. The van der Waals surface area contributed by atoms with E-state index in [1.54, 1.807) is 18.2 Å². The minimum atomic E-state index is -0.857. The molecule has 1 atom stereocenters. The van der Waals surface area contributed by atoms with Crippen LogP contribution in [-0.2, 0) is 16.0 Å². The number of aliphatic hydroxyl groups excluding tert-OH is 1. The minimum absolute atomic E-state index is 0.0186. The Balaban J connectivity index is 1.74. The first kappa shape index (κ1) is 24.3.